The Labute approximate surface area is 569 Å². The number of fused-ring (bicyclic) bond motifs is 8. The monoisotopic (exact) mass is 1330 g/mol. The van der Waals surface area contributed by atoms with Crippen molar-refractivity contribution in [3.05, 3.63) is 184 Å². The van der Waals surface area contributed by atoms with E-state index >= 15 is 0 Å². The molecule has 0 amide bonds. The summed E-state index contributed by atoms with van der Waals surface area (Å²) in [5.41, 5.74) is 5.92. The average Bonchev–Trinajstić information content (AvgIpc) is 2.45. The van der Waals surface area contributed by atoms with Gasteiger partial charge in [-0.3, -0.25) is 4.98 Å². The number of hydrogen-bond acceptors (Lipinski definition) is 20. The summed E-state index contributed by atoms with van der Waals surface area (Å²) in [6, 6.07) is 21.6. The van der Waals surface area contributed by atoms with Crippen LogP contribution in [-0.4, -0.2) is 118 Å². The maximum absolute atomic E-state index is 4.67. The van der Waals surface area contributed by atoms with Gasteiger partial charge in [-0.15, -0.1) is 42.6 Å². The van der Waals surface area contributed by atoms with Crippen LogP contribution in [-0.2, 0) is 25.8 Å². The van der Waals surface area contributed by atoms with Crippen LogP contribution >= 0.6 is 22.7 Å². The Bertz CT molecular complexity index is 3740. The second-order valence-corrected chi connectivity index (χ2v) is 28.0. The van der Waals surface area contributed by atoms with Gasteiger partial charge in [-0.05, 0) is 81.0 Å². The maximum atomic E-state index is 4.67. The fourth-order valence-corrected chi connectivity index (χ4v) is 11.5. The Hall–Kier alpha value is -9.30. The van der Waals surface area contributed by atoms with Crippen molar-refractivity contribution in [3.63, 3.8) is 0 Å². The molecular weight excluding hydrogens is 1240 g/mol. The third kappa shape index (κ3) is 19.4. The lowest BCUT2D eigenvalue weighted by molar-refractivity contribution is 0.477. The second kappa shape index (κ2) is 33.9. The molecule has 0 fully saturated rings. The van der Waals surface area contributed by atoms with E-state index in [1.807, 2.05) is 72.3 Å². The molecule has 0 radical (unpaired) electrons. The molecule has 1 aliphatic carbocycles. The fraction of sp³-hybridized carbons (Fsp3) is 0.457. The van der Waals surface area contributed by atoms with Crippen molar-refractivity contribution in [3.8, 4) is 0 Å². The van der Waals surface area contributed by atoms with Crippen LogP contribution in [0.25, 0.3) is 38.6 Å². The molecule has 14 aromatic rings. The average molecular weight is 1330 g/mol. The number of aryl methyl sites for hydroxylation is 4. The molecule has 26 heteroatoms. The van der Waals surface area contributed by atoms with Gasteiger partial charge in [0.05, 0.1) is 32.1 Å². The van der Waals surface area contributed by atoms with Gasteiger partial charge in [0.2, 0.25) is 0 Å². The minimum Gasteiger partial charge on any atom is -0.259 e. The molecule has 1 aromatic carbocycles. The summed E-state index contributed by atoms with van der Waals surface area (Å²) < 4.78 is 11.8. The largest absolute Gasteiger partial charge is 0.259 e. The molecule has 0 saturated heterocycles. The number of rotatable bonds is 8. The van der Waals surface area contributed by atoms with E-state index in [2.05, 4.69) is 224 Å². The first-order chi connectivity index (χ1) is 46.2. The van der Waals surface area contributed by atoms with Crippen LogP contribution in [0.1, 0.15) is 245 Å². The van der Waals surface area contributed by atoms with Gasteiger partial charge >= 0.3 is 0 Å². The highest BCUT2D eigenvalue weighted by atomic mass is 32.1. The normalized spacial score (nSPS) is 12.6. The minimum absolute atomic E-state index is 0.353. The van der Waals surface area contributed by atoms with Crippen LogP contribution in [0.3, 0.4) is 0 Å². The van der Waals surface area contributed by atoms with E-state index in [-0.39, 0.29) is 0 Å². The molecule has 0 saturated carbocycles. The van der Waals surface area contributed by atoms with E-state index < -0.39 is 0 Å². The van der Waals surface area contributed by atoms with Crippen molar-refractivity contribution in [1.29, 1.82) is 0 Å². The Morgan fingerprint density at radius 1 is 0.385 bits per heavy atom. The maximum Gasteiger partial charge on any atom is 0.252 e. The fourth-order valence-electron chi connectivity index (χ4n) is 9.40. The molecule has 24 nitrogen and oxygen atoms in total. The summed E-state index contributed by atoms with van der Waals surface area (Å²) in [5, 5.41) is 32.4. The standard InChI is InChI=1S/C10H15NS.C10H11NS.C9H15N3.C9H11N3.4C8H10N4/c2*1-7(2)10-11-8-5-3-4-6-9(8)12-10;2*1-7(2)9-10-8-5-3-4-6-12(8)11-9;1-6(2)8-10-7-5-9-3-4-12(7)11-8;1-6(2)8-10-7-3-4-9-5-12(7)11-8;1-6(2)7-10-8-9-4-3-5-12(8)11-7;1-6(2)8-10-7-4-3-5-9-12(7)11-8/h7H,3-6H2,1-2H3;3-7H,1-2H3;7H,3-6H2,1-2H3;3-7H,1-2H3;4*3-6H,1-2H3. The van der Waals surface area contributed by atoms with E-state index in [9.17, 15) is 0 Å². The van der Waals surface area contributed by atoms with Crippen LogP contribution in [0.4, 0.5) is 0 Å². The SMILES string of the molecule is CC(C)c1nc2c(s1)CCCC2.CC(C)c1nc2ccccc2s1.CC(C)c1nc2ccccn2n1.CC(C)c1nc2cccnn2n1.CC(C)c1nc2ccncn2n1.CC(C)c1nc2cnccn2n1.CC(C)c1nc2n(n1)CCCC2.CC(C)c1nc2ncccn2n1. The highest BCUT2D eigenvalue weighted by Gasteiger charge is 2.18. The number of aromatic nitrogens is 24. The highest BCUT2D eigenvalue weighted by Crippen LogP contribution is 2.30. The van der Waals surface area contributed by atoms with Gasteiger partial charge in [-0.25, -0.2) is 67.6 Å². The van der Waals surface area contributed by atoms with Crippen molar-refractivity contribution in [2.24, 2.45) is 0 Å². The Balaban J connectivity index is 0.000000129. The molecule has 0 spiro atoms. The molecule has 96 heavy (non-hydrogen) atoms. The van der Waals surface area contributed by atoms with Crippen LogP contribution < -0.4 is 0 Å². The second-order valence-electron chi connectivity index (χ2n) is 25.8. The highest BCUT2D eigenvalue weighted by molar-refractivity contribution is 7.18. The molecule has 14 heterocycles. The van der Waals surface area contributed by atoms with Crippen molar-refractivity contribution in [2.45, 2.75) is 210 Å². The van der Waals surface area contributed by atoms with Crippen molar-refractivity contribution in [2.75, 3.05) is 0 Å². The van der Waals surface area contributed by atoms with Gasteiger partial charge in [0.1, 0.15) is 12.2 Å². The number of nitrogens with zero attached hydrogens (tertiary/aromatic N) is 24. The Morgan fingerprint density at radius 3 is 1.57 bits per heavy atom. The van der Waals surface area contributed by atoms with Crippen LogP contribution in [0.5, 0.6) is 0 Å². The molecule has 0 bridgehead atoms. The number of para-hydroxylation sites is 1. The van der Waals surface area contributed by atoms with E-state index in [4.69, 9.17) is 0 Å². The Kier molecular flexibility index (Phi) is 25.1. The van der Waals surface area contributed by atoms with Gasteiger partial charge in [0, 0.05) is 115 Å². The van der Waals surface area contributed by atoms with Gasteiger partial charge in [-0.1, -0.05) is 129 Å². The first-order valence-electron chi connectivity index (χ1n) is 33.4. The molecule has 0 atom stereocenters. The third-order valence-electron chi connectivity index (χ3n) is 14.9. The molecule has 0 unspecified atom stereocenters. The lowest BCUT2D eigenvalue weighted by Crippen LogP contribution is -2.11. The summed E-state index contributed by atoms with van der Waals surface area (Å²) in [7, 11) is 0. The summed E-state index contributed by atoms with van der Waals surface area (Å²) in [6.45, 7) is 34.9. The molecule has 2 aliphatic rings. The lowest BCUT2D eigenvalue weighted by atomic mass is 10.0. The van der Waals surface area contributed by atoms with Gasteiger partial charge in [0.25, 0.3) is 5.78 Å². The molecule has 0 N–H and O–H groups in total. The molecule has 504 valence electrons. The third-order valence-corrected chi connectivity index (χ3v) is 17.7. The number of hydrogen-bond donors (Lipinski definition) is 0. The van der Waals surface area contributed by atoms with Crippen LogP contribution in [0, 0.1) is 0 Å². The summed E-state index contributed by atoms with van der Waals surface area (Å²) >= 11 is 3.73. The van der Waals surface area contributed by atoms with Gasteiger partial charge in [0.15, 0.2) is 57.5 Å². The predicted molar refractivity (Wildman–Crippen MR) is 380 cm³/mol. The van der Waals surface area contributed by atoms with E-state index in [1.54, 1.807) is 82.4 Å². The first kappa shape index (κ1) is 71.0. The molecule has 13 aromatic heterocycles. The zero-order valence-corrected chi connectivity index (χ0v) is 60.0. The number of benzene rings is 1. The Morgan fingerprint density at radius 2 is 0.948 bits per heavy atom. The van der Waals surface area contributed by atoms with Crippen LogP contribution in [0.15, 0.2) is 123 Å². The zero-order valence-electron chi connectivity index (χ0n) is 58.4. The van der Waals surface area contributed by atoms with E-state index in [0.29, 0.717) is 53.1 Å². The van der Waals surface area contributed by atoms with E-state index in [1.165, 1.54) is 64.8 Å². The lowest BCUT2D eigenvalue weighted by Gasteiger charge is -2.09. The quantitative estimate of drug-likeness (QED) is 0.137. The first-order valence-corrected chi connectivity index (χ1v) is 35.1. The topological polar surface area (TPSA) is 259 Å². The molecular formula is C70H92N24S2. The molecule has 16 rings (SSSR count). The summed E-state index contributed by atoms with van der Waals surface area (Å²) in [5.74, 6) is 10.6. The van der Waals surface area contributed by atoms with Gasteiger partial charge in [-0.2, -0.15) is 25.4 Å². The number of thiazole rings is 2. The van der Waals surface area contributed by atoms with Crippen molar-refractivity contribution in [1.82, 2.24) is 118 Å². The summed E-state index contributed by atoms with van der Waals surface area (Å²) in [4.78, 5) is 48.8. The summed E-state index contributed by atoms with van der Waals surface area (Å²) in [6.07, 6.45) is 24.6. The zero-order chi connectivity index (χ0) is 68.4. The number of pyridine rings is 1. The van der Waals surface area contributed by atoms with Crippen molar-refractivity contribution >= 4 is 61.3 Å². The minimum atomic E-state index is 0.353. The van der Waals surface area contributed by atoms with E-state index in [0.717, 1.165) is 76.0 Å². The molecule has 1 aliphatic heterocycles. The van der Waals surface area contributed by atoms with Gasteiger partial charge < -0.3 is 0 Å². The van der Waals surface area contributed by atoms with Crippen molar-refractivity contribution < 1.29 is 0 Å². The van der Waals surface area contributed by atoms with Crippen LogP contribution in [0.2, 0.25) is 0 Å². The predicted octanol–water partition coefficient (Wildman–Crippen LogP) is 15.1. The smallest absolute Gasteiger partial charge is 0.252 e.